The molecule has 4 atom stereocenters. The van der Waals surface area contributed by atoms with Crippen LogP contribution in [0.25, 0.3) is 0 Å². The van der Waals surface area contributed by atoms with Crippen LogP contribution in [-0.4, -0.2) is 112 Å². The zero-order valence-corrected chi connectivity index (χ0v) is 27.2. The lowest BCUT2D eigenvalue weighted by Gasteiger charge is -2.38. The molecule has 4 aliphatic heterocycles. The quantitative estimate of drug-likeness (QED) is 0.298. The minimum absolute atomic E-state index is 0.140. The van der Waals surface area contributed by atoms with Gasteiger partial charge < -0.3 is 40.7 Å². The first-order chi connectivity index (χ1) is 23.0. The second kappa shape index (κ2) is 15.6. The van der Waals surface area contributed by atoms with Crippen LogP contribution in [0, 0.1) is 0 Å². The van der Waals surface area contributed by atoms with Crippen molar-refractivity contribution in [3.8, 4) is 5.75 Å². The summed E-state index contributed by atoms with van der Waals surface area (Å²) in [6, 6.07) is 12.7. The van der Waals surface area contributed by atoms with Crippen LogP contribution in [0.15, 0.2) is 54.6 Å². The van der Waals surface area contributed by atoms with E-state index in [0.717, 1.165) is 11.1 Å². The summed E-state index contributed by atoms with van der Waals surface area (Å²) in [5, 5.41) is 28.3. The number of aryl methyl sites for hydroxylation is 1. The third-order valence-electron chi connectivity index (χ3n) is 9.44. The van der Waals surface area contributed by atoms with Gasteiger partial charge in [-0.3, -0.25) is 24.0 Å². The van der Waals surface area contributed by atoms with Gasteiger partial charge in [-0.05, 0) is 68.7 Å². The maximum atomic E-state index is 13.9. The van der Waals surface area contributed by atoms with E-state index in [2.05, 4.69) is 16.0 Å². The summed E-state index contributed by atoms with van der Waals surface area (Å²) in [7, 11) is 0. The third-order valence-corrected chi connectivity index (χ3v) is 9.44. The monoisotopic (exact) mass is 663 g/mol. The van der Waals surface area contributed by atoms with Gasteiger partial charge >= 0.3 is 0 Å². The molecule has 2 bridgehead atoms. The molecule has 0 spiro atoms. The fraction of sp³-hybridized carbons (Fsp3) is 0.514. The van der Waals surface area contributed by atoms with E-state index in [9.17, 15) is 34.2 Å². The van der Waals surface area contributed by atoms with Crippen LogP contribution in [0.3, 0.4) is 0 Å². The number of amides is 5. The summed E-state index contributed by atoms with van der Waals surface area (Å²) >= 11 is 0. The van der Waals surface area contributed by atoms with Crippen molar-refractivity contribution in [2.75, 3.05) is 32.8 Å². The molecular weight excluding hydrogens is 618 g/mol. The highest BCUT2D eigenvalue weighted by atomic mass is 16.5. The topological polar surface area (TPSA) is 178 Å². The Labute approximate surface area is 280 Å². The van der Waals surface area contributed by atoms with Gasteiger partial charge in [0.05, 0.1) is 12.2 Å². The molecule has 2 fully saturated rings. The highest BCUT2D eigenvalue weighted by Crippen LogP contribution is 2.24. The summed E-state index contributed by atoms with van der Waals surface area (Å²) in [5.74, 6) is -1.85. The molecule has 5 amide bonds. The van der Waals surface area contributed by atoms with Gasteiger partial charge in [-0.1, -0.05) is 42.5 Å². The Morgan fingerprint density at radius 2 is 1.65 bits per heavy atom. The minimum Gasteiger partial charge on any atom is -0.484 e. The normalized spacial score (nSPS) is 25.5. The molecule has 2 saturated heterocycles. The van der Waals surface area contributed by atoms with Crippen molar-refractivity contribution in [3.63, 3.8) is 0 Å². The second-order valence-corrected chi connectivity index (χ2v) is 13.0. The molecule has 4 aliphatic rings. The molecule has 4 heterocycles. The minimum atomic E-state index is -1.25. The Hall–Kier alpha value is -4.49. The van der Waals surface area contributed by atoms with Gasteiger partial charge in [0.2, 0.25) is 23.6 Å². The van der Waals surface area contributed by atoms with E-state index in [4.69, 9.17) is 4.74 Å². The van der Waals surface area contributed by atoms with Crippen molar-refractivity contribution in [2.24, 2.45) is 0 Å². The molecule has 48 heavy (non-hydrogen) atoms. The number of carbonyl (C=O) groups excluding carboxylic acids is 5. The number of fused-ring (bicyclic) bond motifs is 13. The molecule has 0 aromatic heterocycles. The largest absolute Gasteiger partial charge is 0.484 e. The number of rotatable bonds is 5. The van der Waals surface area contributed by atoms with Crippen LogP contribution in [0.1, 0.15) is 50.2 Å². The van der Waals surface area contributed by atoms with E-state index in [-0.39, 0.29) is 50.8 Å². The summed E-state index contributed by atoms with van der Waals surface area (Å²) in [6.45, 7) is 1.54. The van der Waals surface area contributed by atoms with E-state index >= 15 is 0 Å². The first kappa shape index (κ1) is 34.8. The number of carbonyl (C=O) groups is 5. The highest BCUT2D eigenvalue weighted by Gasteiger charge is 2.39. The fourth-order valence-electron chi connectivity index (χ4n) is 6.45. The number of aliphatic hydroxyl groups excluding tert-OH is 1. The molecule has 13 nitrogen and oxygen atoms in total. The van der Waals surface area contributed by atoms with E-state index < -0.39 is 54.1 Å². The van der Waals surface area contributed by atoms with Gasteiger partial charge in [0.25, 0.3) is 5.91 Å². The average Bonchev–Trinajstić information content (AvgIpc) is 3.60. The first-order valence-corrected chi connectivity index (χ1v) is 16.6. The Morgan fingerprint density at radius 1 is 0.938 bits per heavy atom. The molecule has 2 aromatic rings. The van der Waals surface area contributed by atoms with Crippen LogP contribution in [0.2, 0.25) is 0 Å². The van der Waals surface area contributed by atoms with Crippen molar-refractivity contribution >= 4 is 29.5 Å². The van der Waals surface area contributed by atoms with E-state index in [1.807, 2.05) is 30.3 Å². The fourth-order valence-corrected chi connectivity index (χ4v) is 6.45. The SMILES string of the molecule is C[C@@H]1NC(=O)[C@@H]2CCCN2C(=O)[C@H](CCc2ccccc2)NC(=O)COc2ccc(cc2)C[C@@H](C(=O)N2CCC(O)(CO)CC2)NC1=O. The summed E-state index contributed by atoms with van der Waals surface area (Å²) in [4.78, 5) is 70.6. The molecule has 6 rings (SSSR count). The molecule has 13 heteroatoms. The highest BCUT2D eigenvalue weighted by molar-refractivity contribution is 5.96. The van der Waals surface area contributed by atoms with Gasteiger partial charge in [-0.25, -0.2) is 0 Å². The number of nitrogens with one attached hydrogen (secondary N) is 3. The zero-order valence-electron chi connectivity index (χ0n) is 27.2. The number of aliphatic hydroxyl groups is 2. The number of benzene rings is 2. The number of piperidine rings is 1. The Kier molecular flexibility index (Phi) is 11.3. The average molecular weight is 664 g/mol. The first-order valence-electron chi connectivity index (χ1n) is 16.6. The van der Waals surface area contributed by atoms with Crippen LogP contribution >= 0.6 is 0 Å². The summed E-state index contributed by atoms with van der Waals surface area (Å²) < 4.78 is 5.73. The predicted octanol–water partition coefficient (Wildman–Crippen LogP) is 0.0654. The molecule has 2 aromatic carbocycles. The molecular formula is C35H45N5O8. The Morgan fingerprint density at radius 3 is 2.33 bits per heavy atom. The van der Waals surface area contributed by atoms with Crippen LogP contribution in [-0.2, 0) is 36.8 Å². The number of likely N-dealkylation sites (tertiary alicyclic amines) is 1. The van der Waals surface area contributed by atoms with Crippen molar-refractivity contribution in [3.05, 3.63) is 65.7 Å². The van der Waals surface area contributed by atoms with Gasteiger partial charge in [0, 0.05) is 26.1 Å². The maximum Gasteiger partial charge on any atom is 0.258 e. The second-order valence-electron chi connectivity index (χ2n) is 13.0. The predicted molar refractivity (Wildman–Crippen MR) is 174 cm³/mol. The molecule has 0 unspecified atom stereocenters. The van der Waals surface area contributed by atoms with E-state index in [1.165, 1.54) is 11.8 Å². The molecule has 258 valence electrons. The van der Waals surface area contributed by atoms with Crippen molar-refractivity contribution < 1.29 is 38.9 Å². The third kappa shape index (κ3) is 8.70. The molecule has 5 N–H and O–H groups in total. The van der Waals surface area contributed by atoms with Gasteiger partial charge in [-0.2, -0.15) is 0 Å². The molecule has 0 aliphatic carbocycles. The smallest absolute Gasteiger partial charge is 0.258 e. The summed E-state index contributed by atoms with van der Waals surface area (Å²) in [5.41, 5.74) is 0.475. The number of nitrogens with zero attached hydrogens (tertiary/aromatic N) is 2. The van der Waals surface area contributed by atoms with Crippen LogP contribution in [0.4, 0.5) is 0 Å². The standard InChI is InChI=1S/C35H45N5O8/c1-23-31(43)38-28(33(45)39-18-15-35(47,22-41)16-19-39)20-25-9-12-26(13-10-25)48-21-30(42)37-27(14-11-24-6-3-2-4-7-24)34(46)40-17-5-8-29(40)32(44)36-23/h2-4,6-7,9-10,12-13,23,27-29,41,47H,5,8,11,14-22H2,1H3,(H,36,44)(H,37,42)(H,38,43)/t23-,27-,28-,29-/m0/s1. The Bertz CT molecular complexity index is 1460. The number of hydrogen-bond donors (Lipinski definition) is 5. The molecule has 0 saturated carbocycles. The van der Waals surface area contributed by atoms with Crippen LogP contribution in [0.5, 0.6) is 5.75 Å². The van der Waals surface area contributed by atoms with Gasteiger partial charge in [-0.15, -0.1) is 0 Å². The van der Waals surface area contributed by atoms with Crippen molar-refractivity contribution in [1.82, 2.24) is 25.8 Å². The van der Waals surface area contributed by atoms with Crippen molar-refractivity contribution in [2.45, 2.75) is 81.6 Å². The summed E-state index contributed by atoms with van der Waals surface area (Å²) in [6.07, 6.45) is 2.37. The lowest BCUT2D eigenvalue weighted by molar-refractivity contribution is -0.143. The zero-order chi connectivity index (χ0) is 34.3. The van der Waals surface area contributed by atoms with Crippen molar-refractivity contribution in [1.29, 1.82) is 0 Å². The van der Waals surface area contributed by atoms with Gasteiger partial charge in [0.1, 0.15) is 29.9 Å². The Balaban J connectivity index is 1.36. The maximum absolute atomic E-state index is 13.9. The number of hydrogen-bond acceptors (Lipinski definition) is 8. The lowest BCUT2D eigenvalue weighted by atomic mass is 9.91. The van der Waals surface area contributed by atoms with E-state index in [0.29, 0.717) is 38.0 Å². The molecule has 0 radical (unpaired) electrons. The van der Waals surface area contributed by atoms with Crippen LogP contribution < -0.4 is 20.7 Å². The van der Waals surface area contributed by atoms with E-state index in [1.54, 1.807) is 29.2 Å². The lowest BCUT2D eigenvalue weighted by Crippen LogP contribution is -2.58. The van der Waals surface area contributed by atoms with Gasteiger partial charge in [0.15, 0.2) is 6.61 Å². The number of ether oxygens (including phenoxy) is 1.